The predicted molar refractivity (Wildman–Crippen MR) is 117 cm³/mol. The Labute approximate surface area is 174 Å². The van der Waals surface area contributed by atoms with Crippen LogP contribution in [0.3, 0.4) is 0 Å². The van der Waals surface area contributed by atoms with Gasteiger partial charge in [0.05, 0.1) is 14.2 Å². The smallest absolute Gasteiger partial charge is 0.161 e. The summed E-state index contributed by atoms with van der Waals surface area (Å²) in [6, 6.07) is 12.9. The van der Waals surface area contributed by atoms with Gasteiger partial charge >= 0.3 is 0 Å². The monoisotopic (exact) mass is 401 g/mol. The number of ether oxygens (including phenoxy) is 2. The summed E-state index contributed by atoms with van der Waals surface area (Å²) in [5, 5.41) is 0.852. The summed E-state index contributed by atoms with van der Waals surface area (Å²) in [4.78, 5) is 2.58. The molecule has 0 spiro atoms. The summed E-state index contributed by atoms with van der Waals surface area (Å²) in [6.45, 7) is 4.18. The molecule has 0 aromatic heterocycles. The van der Waals surface area contributed by atoms with Crippen LogP contribution in [0.2, 0.25) is 5.02 Å². The van der Waals surface area contributed by atoms with Crippen LogP contribution in [-0.2, 0) is 13.0 Å². The Bertz CT molecular complexity index is 777. The van der Waals surface area contributed by atoms with Crippen LogP contribution >= 0.6 is 11.6 Å². The lowest BCUT2D eigenvalue weighted by Gasteiger charge is -2.38. The molecule has 152 valence electrons. The van der Waals surface area contributed by atoms with Crippen LogP contribution in [0.25, 0.3) is 0 Å². The normalized spacial score (nSPS) is 16.6. The zero-order chi connectivity index (χ0) is 19.9. The molecule has 0 saturated carbocycles. The number of nitrogens with zero attached hydrogens (tertiary/aromatic N) is 1. The first-order valence-electron chi connectivity index (χ1n) is 10.4. The standard InChI is InChI=1S/C24H32ClNO2/c1-4-5-6-7-12-22-20-16-24(28-3)23(27-2)15-18(20)13-14-26(22)17-19-10-8-9-11-21(19)25/h8-11,15-16,22H,4-7,12-14,17H2,1-3H3. The van der Waals surface area contributed by atoms with Crippen molar-refractivity contribution in [3.8, 4) is 11.5 Å². The van der Waals surface area contributed by atoms with Gasteiger partial charge in [-0.15, -0.1) is 0 Å². The second kappa shape index (κ2) is 10.2. The van der Waals surface area contributed by atoms with Gasteiger partial charge in [0.1, 0.15) is 0 Å². The van der Waals surface area contributed by atoms with Crippen LogP contribution in [-0.4, -0.2) is 25.7 Å². The molecule has 1 aliphatic heterocycles. The Kier molecular flexibility index (Phi) is 7.64. The summed E-state index contributed by atoms with van der Waals surface area (Å²) in [6.07, 6.45) is 7.27. The maximum Gasteiger partial charge on any atom is 0.161 e. The number of benzene rings is 2. The first-order chi connectivity index (χ1) is 13.7. The van der Waals surface area contributed by atoms with Gasteiger partial charge in [-0.2, -0.15) is 0 Å². The molecule has 28 heavy (non-hydrogen) atoms. The number of fused-ring (bicyclic) bond motifs is 1. The van der Waals surface area contributed by atoms with E-state index < -0.39 is 0 Å². The molecule has 0 N–H and O–H groups in total. The zero-order valence-corrected chi connectivity index (χ0v) is 18.1. The van der Waals surface area contributed by atoms with Crippen LogP contribution in [0.1, 0.15) is 61.8 Å². The van der Waals surface area contributed by atoms with Gasteiger partial charge in [-0.3, -0.25) is 4.90 Å². The van der Waals surface area contributed by atoms with E-state index in [0.717, 1.165) is 42.5 Å². The molecule has 4 heteroatoms. The Hall–Kier alpha value is -1.71. The van der Waals surface area contributed by atoms with Gasteiger partial charge in [-0.25, -0.2) is 0 Å². The van der Waals surface area contributed by atoms with E-state index >= 15 is 0 Å². The van der Waals surface area contributed by atoms with Crippen molar-refractivity contribution in [3.63, 3.8) is 0 Å². The minimum absolute atomic E-state index is 0.386. The van der Waals surface area contributed by atoms with Crippen molar-refractivity contribution in [3.05, 3.63) is 58.1 Å². The fourth-order valence-electron chi connectivity index (χ4n) is 4.22. The highest BCUT2D eigenvalue weighted by molar-refractivity contribution is 6.31. The van der Waals surface area contributed by atoms with Crippen LogP contribution in [0.5, 0.6) is 11.5 Å². The zero-order valence-electron chi connectivity index (χ0n) is 17.3. The highest BCUT2D eigenvalue weighted by Crippen LogP contribution is 2.41. The van der Waals surface area contributed by atoms with Gasteiger partial charge in [0.2, 0.25) is 0 Å². The predicted octanol–water partition coefficient (Wildman–Crippen LogP) is 6.43. The fraction of sp³-hybridized carbons (Fsp3) is 0.500. The van der Waals surface area contributed by atoms with Gasteiger partial charge < -0.3 is 9.47 Å². The van der Waals surface area contributed by atoms with Crippen LogP contribution < -0.4 is 9.47 Å². The highest BCUT2D eigenvalue weighted by atomic mass is 35.5. The van der Waals surface area contributed by atoms with Crippen molar-refractivity contribution >= 4 is 11.6 Å². The SMILES string of the molecule is CCCCCCC1c2cc(OC)c(OC)cc2CCN1Cc1ccccc1Cl. The number of unbranched alkanes of at least 4 members (excludes halogenated alkanes) is 3. The van der Waals surface area contributed by atoms with E-state index in [2.05, 4.69) is 36.1 Å². The summed E-state index contributed by atoms with van der Waals surface area (Å²) in [5.41, 5.74) is 3.97. The first-order valence-corrected chi connectivity index (χ1v) is 10.8. The number of methoxy groups -OCH3 is 2. The van der Waals surface area contributed by atoms with Gasteiger partial charge in [0, 0.05) is 24.2 Å². The van der Waals surface area contributed by atoms with E-state index in [1.807, 2.05) is 12.1 Å². The molecule has 1 heterocycles. The minimum atomic E-state index is 0.386. The molecular weight excluding hydrogens is 370 g/mol. The van der Waals surface area contributed by atoms with E-state index in [0.29, 0.717) is 6.04 Å². The number of rotatable bonds is 9. The number of hydrogen-bond donors (Lipinski definition) is 0. The average molecular weight is 402 g/mol. The Morgan fingerprint density at radius 1 is 1.04 bits per heavy atom. The lowest BCUT2D eigenvalue weighted by molar-refractivity contribution is 0.163. The summed E-state index contributed by atoms with van der Waals surface area (Å²) in [7, 11) is 3.42. The molecule has 1 atom stereocenters. The van der Waals surface area contributed by atoms with Crippen molar-refractivity contribution in [1.29, 1.82) is 0 Å². The van der Waals surface area contributed by atoms with Gasteiger partial charge in [0.15, 0.2) is 11.5 Å². The Balaban J connectivity index is 1.89. The van der Waals surface area contributed by atoms with Gasteiger partial charge in [-0.05, 0) is 47.7 Å². The third-order valence-electron chi connectivity index (χ3n) is 5.78. The molecule has 3 rings (SSSR count). The molecule has 1 aliphatic rings. The lowest BCUT2D eigenvalue weighted by Crippen LogP contribution is -2.35. The summed E-state index contributed by atoms with van der Waals surface area (Å²) >= 11 is 6.46. The van der Waals surface area contributed by atoms with E-state index in [1.165, 1.54) is 42.4 Å². The molecule has 0 bridgehead atoms. The van der Waals surface area contributed by atoms with E-state index in [9.17, 15) is 0 Å². The lowest BCUT2D eigenvalue weighted by atomic mass is 9.88. The number of halogens is 1. The molecule has 0 saturated heterocycles. The average Bonchev–Trinajstić information content (AvgIpc) is 2.72. The Morgan fingerprint density at radius 3 is 2.50 bits per heavy atom. The molecule has 0 radical (unpaired) electrons. The largest absolute Gasteiger partial charge is 0.493 e. The third kappa shape index (κ3) is 4.82. The maximum absolute atomic E-state index is 6.46. The molecule has 1 unspecified atom stereocenters. The second-order valence-corrected chi connectivity index (χ2v) is 7.99. The molecule has 0 aliphatic carbocycles. The second-order valence-electron chi connectivity index (χ2n) is 7.58. The van der Waals surface area contributed by atoms with Crippen molar-refractivity contribution in [2.75, 3.05) is 20.8 Å². The number of hydrogen-bond acceptors (Lipinski definition) is 3. The molecule has 0 fully saturated rings. The first kappa shape index (κ1) is 21.0. The van der Waals surface area contributed by atoms with E-state index in [-0.39, 0.29) is 0 Å². The third-order valence-corrected chi connectivity index (χ3v) is 6.14. The molecule has 3 nitrogen and oxygen atoms in total. The van der Waals surface area contributed by atoms with E-state index in [4.69, 9.17) is 21.1 Å². The quantitative estimate of drug-likeness (QED) is 0.452. The minimum Gasteiger partial charge on any atom is -0.493 e. The maximum atomic E-state index is 6.46. The van der Waals surface area contributed by atoms with E-state index in [1.54, 1.807) is 14.2 Å². The Morgan fingerprint density at radius 2 is 1.79 bits per heavy atom. The summed E-state index contributed by atoms with van der Waals surface area (Å²) < 4.78 is 11.1. The fourth-order valence-corrected chi connectivity index (χ4v) is 4.41. The topological polar surface area (TPSA) is 21.7 Å². The van der Waals surface area contributed by atoms with Crippen molar-refractivity contribution in [2.24, 2.45) is 0 Å². The highest BCUT2D eigenvalue weighted by Gasteiger charge is 2.29. The molecular formula is C24H32ClNO2. The summed E-state index contributed by atoms with van der Waals surface area (Å²) in [5.74, 6) is 1.64. The molecule has 2 aromatic carbocycles. The van der Waals surface area contributed by atoms with Crippen molar-refractivity contribution in [2.45, 2.75) is 58.0 Å². The van der Waals surface area contributed by atoms with Crippen LogP contribution in [0.4, 0.5) is 0 Å². The van der Waals surface area contributed by atoms with Crippen molar-refractivity contribution < 1.29 is 9.47 Å². The molecule has 0 amide bonds. The van der Waals surface area contributed by atoms with Crippen LogP contribution in [0, 0.1) is 0 Å². The van der Waals surface area contributed by atoms with Crippen molar-refractivity contribution in [1.82, 2.24) is 4.90 Å². The van der Waals surface area contributed by atoms with Gasteiger partial charge in [0.25, 0.3) is 0 Å². The van der Waals surface area contributed by atoms with Gasteiger partial charge in [-0.1, -0.05) is 62.4 Å². The molecule has 2 aromatic rings. The van der Waals surface area contributed by atoms with Crippen LogP contribution in [0.15, 0.2) is 36.4 Å².